The first-order valence-electron chi connectivity index (χ1n) is 5.51. The summed E-state index contributed by atoms with van der Waals surface area (Å²) in [5, 5.41) is 3.02. The van der Waals surface area contributed by atoms with Crippen LogP contribution in [0.2, 0.25) is 0 Å². The molecule has 92 valence electrons. The Labute approximate surface area is 103 Å². The zero-order chi connectivity index (χ0) is 13.0. The molecule has 0 fully saturated rings. The molecule has 0 radical (unpaired) electrons. The molecule has 0 bridgehead atoms. The van der Waals surface area contributed by atoms with Crippen molar-refractivity contribution < 1.29 is 8.78 Å². The van der Waals surface area contributed by atoms with E-state index in [1.54, 1.807) is 12.1 Å². The van der Waals surface area contributed by atoms with E-state index >= 15 is 0 Å². The molecule has 0 aromatic heterocycles. The molecule has 1 unspecified atom stereocenters. The molecule has 0 saturated heterocycles. The molecule has 0 N–H and O–H groups in total. The summed E-state index contributed by atoms with van der Waals surface area (Å²) in [6.45, 7) is 0. The fourth-order valence-electron chi connectivity index (χ4n) is 1.79. The molecule has 18 heavy (non-hydrogen) atoms. The smallest absolute Gasteiger partial charge is 0.123 e. The molecule has 2 nitrogen and oxygen atoms in total. The third-order valence-electron chi connectivity index (χ3n) is 2.70. The van der Waals surface area contributed by atoms with Crippen molar-refractivity contribution in [2.24, 2.45) is 5.18 Å². The van der Waals surface area contributed by atoms with Crippen molar-refractivity contribution in [3.63, 3.8) is 0 Å². The van der Waals surface area contributed by atoms with Gasteiger partial charge in [-0.15, -0.1) is 0 Å². The summed E-state index contributed by atoms with van der Waals surface area (Å²) in [6.07, 6.45) is 0.299. The van der Waals surface area contributed by atoms with Gasteiger partial charge in [0.2, 0.25) is 0 Å². The van der Waals surface area contributed by atoms with Crippen LogP contribution in [0.4, 0.5) is 8.78 Å². The Kier molecular flexibility index (Phi) is 3.77. The number of benzene rings is 2. The Morgan fingerprint density at radius 1 is 1.00 bits per heavy atom. The molecule has 0 saturated carbocycles. The number of hydrogen-bond donors (Lipinski definition) is 0. The van der Waals surface area contributed by atoms with E-state index in [2.05, 4.69) is 5.18 Å². The van der Waals surface area contributed by atoms with E-state index < -0.39 is 6.04 Å². The molecule has 0 aliphatic carbocycles. The molecule has 0 amide bonds. The lowest BCUT2D eigenvalue weighted by Crippen LogP contribution is -2.00. The van der Waals surface area contributed by atoms with Crippen LogP contribution < -0.4 is 0 Å². The third-order valence-corrected chi connectivity index (χ3v) is 2.70. The first-order valence-corrected chi connectivity index (χ1v) is 5.51. The van der Waals surface area contributed by atoms with Gasteiger partial charge in [-0.05, 0) is 35.4 Å². The highest BCUT2D eigenvalue weighted by atomic mass is 19.1. The average Bonchev–Trinajstić information content (AvgIpc) is 2.37. The Hall–Kier alpha value is -2.10. The van der Waals surface area contributed by atoms with Crippen molar-refractivity contribution in [2.75, 3.05) is 0 Å². The molecule has 2 aromatic rings. The van der Waals surface area contributed by atoms with Crippen molar-refractivity contribution >= 4 is 0 Å². The fourth-order valence-corrected chi connectivity index (χ4v) is 1.79. The topological polar surface area (TPSA) is 29.4 Å². The molecule has 2 rings (SSSR count). The maximum Gasteiger partial charge on any atom is 0.123 e. The summed E-state index contributed by atoms with van der Waals surface area (Å²) < 4.78 is 25.8. The number of nitroso groups, excluding NO2 is 1. The van der Waals surface area contributed by atoms with Crippen molar-refractivity contribution in [1.82, 2.24) is 0 Å². The summed E-state index contributed by atoms with van der Waals surface area (Å²) in [5.41, 5.74) is 1.31. The quantitative estimate of drug-likeness (QED) is 0.750. The van der Waals surface area contributed by atoms with E-state index in [9.17, 15) is 13.7 Å². The van der Waals surface area contributed by atoms with Gasteiger partial charge in [-0.3, -0.25) is 0 Å². The van der Waals surface area contributed by atoms with Gasteiger partial charge < -0.3 is 0 Å². The van der Waals surface area contributed by atoms with E-state index in [-0.39, 0.29) is 11.6 Å². The lowest BCUT2D eigenvalue weighted by Gasteiger charge is -2.09. The normalized spacial score (nSPS) is 12.1. The summed E-state index contributed by atoms with van der Waals surface area (Å²) in [6, 6.07) is 11.0. The van der Waals surface area contributed by atoms with Gasteiger partial charge in [0, 0.05) is 6.42 Å². The molecule has 0 aliphatic rings. The number of halogens is 2. The third kappa shape index (κ3) is 2.97. The summed E-state index contributed by atoms with van der Waals surface area (Å²) in [5.74, 6) is -0.717. The highest BCUT2D eigenvalue weighted by molar-refractivity contribution is 5.24. The molecule has 1 atom stereocenters. The zero-order valence-corrected chi connectivity index (χ0v) is 9.51. The van der Waals surface area contributed by atoms with Crippen LogP contribution in [-0.2, 0) is 6.42 Å². The highest BCUT2D eigenvalue weighted by Gasteiger charge is 2.13. The minimum Gasteiger partial charge on any atom is -0.207 e. The van der Waals surface area contributed by atoms with Crippen LogP contribution in [0, 0.1) is 16.5 Å². The Balaban J connectivity index is 2.19. The standard InChI is InChI=1S/C14H11F2NO/c15-12-6-4-11(5-7-12)14(17-18)9-10-2-1-3-13(16)8-10/h1-8,14H,9H2. The van der Waals surface area contributed by atoms with Crippen LogP contribution in [0.3, 0.4) is 0 Å². The lowest BCUT2D eigenvalue weighted by molar-refractivity contribution is 0.619. The molecule has 0 spiro atoms. The first kappa shape index (κ1) is 12.4. The monoisotopic (exact) mass is 247 g/mol. The second-order valence-corrected chi connectivity index (χ2v) is 4.01. The summed E-state index contributed by atoms with van der Waals surface area (Å²) in [4.78, 5) is 10.8. The fraction of sp³-hybridized carbons (Fsp3) is 0.143. The number of rotatable bonds is 4. The van der Waals surface area contributed by atoms with E-state index in [0.29, 0.717) is 17.5 Å². The van der Waals surface area contributed by atoms with E-state index in [4.69, 9.17) is 0 Å². The van der Waals surface area contributed by atoms with Gasteiger partial charge in [0.1, 0.15) is 17.7 Å². The molecule has 2 aromatic carbocycles. The van der Waals surface area contributed by atoms with E-state index in [1.165, 1.54) is 36.4 Å². The van der Waals surface area contributed by atoms with Crippen LogP contribution in [0.5, 0.6) is 0 Å². The average molecular weight is 247 g/mol. The number of nitrogens with zero attached hydrogens (tertiary/aromatic N) is 1. The van der Waals surface area contributed by atoms with Gasteiger partial charge in [-0.1, -0.05) is 29.4 Å². The van der Waals surface area contributed by atoms with E-state index in [1.807, 2.05) is 0 Å². The van der Waals surface area contributed by atoms with Gasteiger partial charge in [0.05, 0.1) is 0 Å². The van der Waals surface area contributed by atoms with Crippen LogP contribution in [0.25, 0.3) is 0 Å². The minimum absolute atomic E-state index is 0.299. The van der Waals surface area contributed by atoms with Gasteiger partial charge in [0.15, 0.2) is 0 Å². The summed E-state index contributed by atoms with van der Waals surface area (Å²) >= 11 is 0. The molecule has 4 heteroatoms. The van der Waals surface area contributed by atoms with Gasteiger partial charge in [0.25, 0.3) is 0 Å². The Bertz CT molecular complexity index is 540. The second-order valence-electron chi connectivity index (χ2n) is 4.01. The van der Waals surface area contributed by atoms with E-state index in [0.717, 1.165) is 0 Å². The van der Waals surface area contributed by atoms with Crippen molar-refractivity contribution in [3.8, 4) is 0 Å². The predicted octanol–water partition coefficient (Wildman–Crippen LogP) is 4.02. The minimum atomic E-state index is -0.632. The molecule has 0 aliphatic heterocycles. The van der Waals surface area contributed by atoms with Gasteiger partial charge in [-0.25, -0.2) is 8.78 Å². The van der Waals surface area contributed by atoms with Crippen LogP contribution in [-0.4, -0.2) is 0 Å². The molecular weight excluding hydrogens is 236 g/mol. The van der Waals surface area contributed by atoms with Gasteiger partial charge >= 0.3 is 0 Å². The van der Waals surface area contributed by atoms with Crippen molar-refractivity contribution in [3.05, 3.63) is 76.2 Å². The maximum absolute atomic E-state index is 13.0. The second kappa shape index (κ2) is 5.49. The van der Waals surface area contributed by atoms with Crippen LogP contribution in [0.1, 0.15) is 17.2 Å². The summed E-state index contributed by atoms with van der Waals surface area (Å²) in [7, 11) is 0. The zero-order valence-electron chi connectivity index (χ0n) is 9.51. The van der Waals surface area contributed by atoms with Crippen molar-refractivity contribution in [1.29, 1.82) is 0 Å². The van der Waals surface area contributed by atoms with Crippen LogP contribution in [0.15, 0.2) is 53.7 Å². The Morgan fingerprint density at radius 2 is 1.72 bits per heavy atom. The first-order chi connectivity index (χ1) is 8.69. The lowest BCUT2D eigenvalue weighted by atomic mass is 9.99. The highest BCUT2D eigenvalue weighted by Crippen LogP contribution is 2.22. The molecule has 0 heterocycles. The Morgan fingerprint density at radius 3 is 2.33 bits per heavy atom. The largest absolute Gasteiger partial charge is 0.207 e. The maximum atomic E-state index is 13.0. The molecular formula is C14H11F2NO. The van der Waals surface area contributed by atoms with Crippen LogP contribution >= 0.6 is 0 Å². The van der Waals surface area contributed by atoms with Gasteiger partial charge in [-0.2, -0.15) is 4.91 Å². The van der Waals surface area contributed by atoms with Crippen molar-refractivity contribution in [2.45, 2.75) is 12.5 Å². The number of hydrogen-bond acceptors (Lipinski definition) is 2. The SMILES string of the molecule is O=NC(Cc1cccc(F)c1)c1ccc(F)cc1. The predicted molar refractivity (Wildman–Crippen MR) is 65.0 cm³/mol.